The van der Waals surface area contributed by atoms with Crippen molar-refractivity contribution in [3.63, 3.8) is 0 Å². The maximum absolute atomic E-state index is 12.6. The number of benzene rings is 1. The molecular weight excluding hydrogens is 358 g/mol. The Bertz CT molecular complexity index is 1110. The fourth-order valence-corrected chi connectivity index (χ4v) is 3.70. The fraction of sp³-hybridized carbons (Fsp3) is 0.250. The van der Waals surface area contributed by atoms with Crippen molar-refractivity contribution in [1.29, 1.82) is 0 Å². The molecule has 0 saturated heterocycles. The number of para-hydroxylation sites is 2. The lowest BCUT2D eigenvalue weighted by atomic mass is 10.3. The summed E-state index contributed by atoms with van der Waals surface area (Å²) < 4.78 is 3.98. The lowest BCUT2D eigenvalue weighted by molar-refractivity contribution is -0.121. The van der Waals surface area contributed by atoms with Crippen LogP contribution in [0.25, 0.3) is 16.7 Å². The number of hydrogen-bond acceptors (Lipinski definition) is 4. The zero-order chi connectivity index (χ0) is 18.8. The Morgan fingerprint density at radius 2 is 2.04 bits per heavy atom. The third kappa shape index (κ3) is 3.55. The average Bonchev–Trinajstić information content (AvgIpc) is 3.23. The fourth-order valence-electron chi connectivity index (χ4n) is 3.22. The molecule has 4 rings (SSSR count). The van der Waals surface area contributed by atoms with E-state index < -0.39 is 0 Å². The van der Waals surface area contributed by atoms with Crippen molar-refractivity contribution in [1.82, 2.24) is 24.3 Å². The lowest BCUT2D eigenvalue weighted by Gasteiger charge is -2.09. The van der Waals surface area contributed by atoms with Gasteiger partial charge in [0.2, 0.25) is 5.91 Å². The van der Waals surface area contributed by atoms with E-state index in [1.165, 1.54) is 0 Å². The molecule has 0 spiro atoms. The molecule has 0 atom stereocenters. The summed E-state index contributed by atoms with van der Waals surface area (Å²) in [5.74, 6) is 1.64. The Hall–Kier alpha value is -2.80. The molecule has 0 aliphatic rings. The minimum absolute atomic E-state index is 0.0470. The number of thioether (sulfide) groups is 1. The molecule has 138 valence electrons. The predicted octanol–water partition coefficient (Wildman–Crippen LogP) is 3.17. The molecule has 0 aliphatic heterocycles. The minimum atomic E-state index is -0.0470. The number of nitrogens with one attached hydrogen (secondary N) is 1. The summed E-state index contributed by atoms with van der Waals surface area (Å²) in [4.78, 5) is 21.8. The predicted molar refractivity (Wildman–Crippen MR) is 109 cm³/mol. The van der Waals surface area contributed by atoms with E-state index >= 15 is 0 Å². The van der Waals surface area contributed by atoms with Crippen molar-refractivity contribution in [2.24, 2.45) is 0 Å². The zero-order valence-corrected chi connectivity index (χ0v) is 16.2. The Balaban J connectivity index is 1.50. The van der Waals surface area contributed by atoms with Gasteiger partial charge in [0.15, 0.2) is 0 Å². The monoisotopic (exact) mass is 379 g/mol. The van der Waals surface area contributed by atoms with E-state index in [-0.39, 0.29) is 12.5 Å². The molecule has 3 heterocycles. The van der Waals surface area contributed by atoms with Gasteiger partial charge in [-0.3, -0.25) is 4.79 Å². The quantitative estimate of drug-likeness (QED) is 0.559. The minimum Gasteiger partial charge on any atom is -0.349 e. The highest BCUT2D eigenvalue weighted by molar-refractivity contribution is 7.97. The van der Waals surface area contributed by atoms with Gasteiger partial charge in [0.05, 0.1) is 29.0 Å². The van der Waals surface area contributed by atoms with Gasteiger partial charge in [-0.15, -0.1) is 0 Å². The molecule has 1 amide bonds. The number of nitrogens with zero attached hydrogens (tertiary/aromatic N) is 4. The molecule has 7 heteroatoms. The van der Waals surface area contributed by atoms with Crippen molar-refractivity contribution in [2.45, 2.75) is 25.8 Å². The highest BCUT2D eigenvalue weighted by Gasteiger charge is 2.13. The van der Waals surface area contributed by atoms with Crippen LogP contribution in [0.15, 0.2) is 48.8 Å². The first kappa shape index (κ1) is 17.6. The number of carbonyl (C=O) groups is 1. The number of amides is 1. The van der Waals surface area contributed by atoms with Crippen LogP contribution in [-0.2, 0) is 23.6 Å². The van der Waals surface area contributed by atoms with E-state index in [1.54, 1.807) is 11.8 Å². The standard InChI is InChI=1S/C20H21N5OS/c1-14-6-5-9-24-11-15(22-20(14)24)10-21-19(26)12-25-17-8-4-3-7-16(17)23-18(25)13-27-2/h3-9,11H,10,12-13H2,1-2H3,(H,21,26). The second kappa shape index (κ2) is 7.44. The first-order valence-electron chi connectivity index (χ1n) is 8.78. The summed E-state index contributed by atoms with van der Waals surface area (Å²) in [6.45, 7) is 2.69. The van der Waals surface area contributed by atoms with Gasteiger partial charge in [-0.25, -0.2) is 9.97 Å². The average molecular weight is 379 g/mol. The van der Waals surface area contributed by atoms with Gasteiger partial charge in [-0.2, -0.15) is 11.8 Å². The van der Waals surface area contributed by atoms with Gasteiger partial charge in [0, 0.05) is 12.4 Å². The first-order valence-corrected chi connectivity index (χ1v) is 10.2. The number of carbonyl (C=O) groups excluding carboxylic acids is 1. The van der Waals surface area contributed by atoms with Gasteiger partial charge < -0.3 is 14.3 Å². The number of fused-ring (bicyclic) bond motifs is 2. The van der Waals surface area contributed by atoms with Crippen LogP contribution in [-0.4, -0.2) is 31.1 Å². The van der Waals surface area contributed by atoms with Crippen LogP contribution in [0.3, 0.4) is 0 Å². The van der Waals surface area contributed by atoms with Crippen LogP contribution >= 0.6 is 11.8 Å². The van der Waals surface area contributed by atoms with E-state index in [0.29, 0.717) is 6.54 Å². The van der Waals surface area contributed by atoms with Crippen LogP contribution in [0.5, 0.6) is 0 Å². The van der Waals surface area contributed by atoms with Crippen LogP contribution in [0.4, 0.5) is 0 Å². The Kier molecular flexibility index (Phi) is 4.85. The third-order valence-corrected chi connectivity index (χ3v) is 5.05. The van der Waals surface area contributed by atoms with Crippen LogP contribution < -0.4 is 5.32 Å². The molecule has 0 radical (unpaired) electrons. The Morgan fingerprint density at radius 1 is 1.19 bits per heavy atom. The molecule has 1 N–H and O–H groups in total. The van der Waals surface area contributed by atoms with Crippen molar-refractivity contribution >= 4 is 34.3 Å². The molecule has 6 nitrogen and oxygen atoms in total. The van der Waals surface area contributed by atoms with E-state index in [2.05, 4.69) is 15.3 Å². The first-order chi connectivity index (χ1) is 13.2. The number of rotatable bonds is 6. The molecule has 0 saturated carbocycles. The largest absolute Gasteiger partial charge is 0.349 e. The zero-order valence-electron chi connectivity index (χ0n) is 15.3. The maximum Gasteiger partial charge on any atom is 0.240 e. The number of aromatic nitrogens is 4. The van der Waals surface area contributed by atoms with Crippen LogP contribution in [0, 0.1) is 6.92 Å². The summed E-state index contributed by atoms with van der Waals surface area (Å²) in [6, 6.07) is 11.9. The summed E-state index contributed by atoms with van der Waals surface area (Å²) >= 11 is 1.70. The van der Waals surface area contributed by atoms with Gasteiger partial charge in [-0.05, 0) is 36.9 Å². The number of imidazole rings is 2. The van der Waals surface area contributed by atoms with Crippen molar-refractivity contribution < 1.29 is 4.79 Å². The van der Waals surface area contributed by atoms with Gasteiger partial charge >= 0.3 is 0 Å². The Labute approximate surface area is 161 Å². The van der Waals surface area contributed by atoms with Crippen LogP contribution in [0.2, 0.25) is 0 Å². The van der Waals surface area contributed by atoms with E-state index in [4.69, 9.17) is 0 Å². The normalized spacial score (nSPS) is 11.3. The summed E-state index contributed by atoms with van der Waals surface area (Å²) in [5, 5.41) is 2.98. The smallest absolute Gasteiger partial charge is 0.240 e. The number of hydrogen-bond donors (Lipinski definition) is 1. The molecule has 0 aliphatic carbocycles. The van der Waals surface area contributed by atoms with Crippen molar-refractivity contribution in [3.05, 3.63) is 65.9 Å². The molecule has 0 unspecified atom stereocenters. The summed E-state index contributed by atoms with van der Waals surface area (Å²) in [7, 11) is 0. The van der Waals surface area contributed by atoms with Crippen molar-refractivity contribution in [3.8, 4) is 0 Å². The topological polar surface area (TPSA) is 64.2 Å². The lowest BCUT2D eigenvalue weighted by Crippen LogP contribution is -2.27. The van der Waals surface area contributed by atoms with Crippen LogP contribution in [0.1, 0.15) is 17.1 Å². The summed E-state index contributed by atoms with van der Waals surface area (Å²) in [6.07, 6.45) is 5.95. The Morgan fingerprint density at radius 3 is 2.85 bits per heavy atom. The molecule has 3 aromatic heterocycles. The van der Waals surface area contributed by atoms with Crippen molar-refractivity contribution in [2.75, 3.05) is 6.26 Å². The second-order valence-electron chi connectivity index (χ2n) is 6.47. The third-order valence-electron chi connectivity index (χ3n) is 4.50. The van der Waals surface area contributed by atoms with E-state index in [1.807, 2.05) is 70.9 Å². The number of aryl methyl sites for hydroxylation is 1. The maximum atomic E-state index is 12.6. The number of pyridine rings is 1. The molecule has 0 fully saturated rings. The molecular formula is C20H21N5OS. The molecule has 0 bridgehead atoms. The van der Waals surface area contributed by atoms with E-state index in [9.17, 15) is 4.79 Å². The molecule has 1 aromatic carbocycles. The highest BCUT2D eigenvalue weighted by atomic mass is 32.2. The summed E-state index contributed by atoms with van der Waals surface area (Å²) in [5.41, 5.74) is 4.79. The van der Waals surface area contributed by atoms with Gasteiger partial charge in [0.25, 0.3) is 0 Å². The second-order valence-corrected chi connectivity index (χ2v) is 7.33. The van der Waals surface area contributed by atoms with Gasteiger partial charge in [-0.1, -0.05) is 18.2 Å². The van der Waals surface area contributed by atoms with E-state index in [0.717, 1.165) is 39.5 Å². The SMILES string of the molecule is CSCc1nc2ccccc2n1CC(=O)NCc1cn2cccc(C)c2n1. The molecule has 4 aromatic rings. The van der Waals surface area contributed by atoms with Gasteiger partial charge in [0.1, 0.15) is 18.0 Å². The molecule has 27 heavy (non-hydrogen) atoms. The highest BCUT2D eigenvalue weighted by Crippen LogP contribution is 2.19.